The predicted molar refractivity (Wildman–Crippen MR) is 79.5 cm³/mol. The Morgan fingerprint density at radius 1 is 1.05 bits per heavy atom. The molecule has 0 radical (unpaired) electrons. The first kappa shape index (κ1) is 12.0. The largest absolute Gasteiger partial charge is 0.383 e. The van der Waals surface area contributed by atoms with E-state index >= 15 is 0 Å². The number of para-hydroxylation sites is 2. The molecule has 0 spiro atoms. The van der Waals surface area contributed by atoms with Crippen molar-refractivity contribution in [3.05, 3.63) is 54.4 Å². The van der Waals surface area contributed by atoms with Crippen LogP contribution in [-0.2, 0) is 6.54 Å². The second-order valence-electron chi connectivity index (χ2n) is 4.93. The molecule has 2 heterocycles. The fourth-order valence-corrected chi connectivity index (χ4v) is 2.54. The van der Waals surface area contributed by atoms with Gasteiger partial charge < -0.3 is 10.2 Å². The van der Waals surface area contributed by atoms with Gasteiger partial charge in [-0.1, -0.05) is 12.1 Å². The summed E-state index contributed by atoms with van der Waals surface area (Å²) in [5.41, 5.74) is 3.86. The van der Waals surface area contributed by atoms with Gasteiger partial charge in [0.2, 0.25) is 0 Å². The molecular formula is C16H19N3. The third kappa shape index (κ3) is 2.87. The van der Waals surface area contributed by atoms with Crippen LogP contribution in [0.1, 0.15) is 18.4 Å². The molecule has 0 aliphatic carbocycles. The van der Waals surface area contributed by atoms with Gasteiger partial charge in [-0.25, -0.2) is 0 Å². The monoisotopic (exact) mass is 253 g/mol. The van der Waals surface area contributed by atoms with Gasteiger partial charge in [0.15, 0.2) is 0 Å². The highest BCUT2D eigenvalue weighted by Crippen LogP contribution is 2.28. The van der Waals surface area contributed by atoms with Crippen LogP contribution in [0.5, 0.6) is 0 Å². The molecule has 19 heavy (non-hydrogen) atoms. The average molecular weight is 253 g/mol. The van der Waals surface area contributed by atoms with Gasteiger partial charge in [0.05, 0.1) is 11.4 Å². The molecule has 3 rings (SSSR count). The number of pyridine rings is 1. The first-order chi connectivity index (χ1) is 9.43. The lowest BCUT2D eigenvalue weighted by Gasteiger charge is -2.29. The minimum atomic E-state index is 0.946. The third-order valence-corrected chi connectivity index (χ3v) is 3.54. The van der Waals surface area contributed by atoms with Gasteiger partial charge in [-0.2, -0.15) is 0 Å². The maximum atomic E-state index is 4.09. The smallest absolute Gasteiger partial charge is 0.0605 e. The van der Waals surface area contributed by atoms with Crippen molar-refractivity contribution in [3.63, 3.8) is 0 Å². The van der Waals surface area contributed by atoms with Crippen LogP contribution in [-0.4, -0.2) is 18.1 Å². The highest BCUT2D eigenvalue weighted by molar-refractivity contribution is 5.70. The van der Waals surface area contributed by atoms with Crippen molar-refractivity contribution in [2.24, 2.45) is 0 Å². The minimum Gasteiger partial charge on any atom is -0.383 e. The van der Waals surface area contributed by atoms with E-state index in [-0.39, 0.29) is 0 Å². The number of nitrogens with one attached hydrogen (secondary N) is 1. The van der Waals surface area contributed by atoms with Gasteiger partial charge in [0.25, 0.3) is 0 Å². The fourth-order valence-electron chi connectivity index (χ4n) is 2.54. The molecule has 1 aliphatic heterocycles. The van der Waals surface area contributed by atoms with E-state index in [4.69, 9.17) is 0 Å². The Bertz CT molecular complexity index is 525. The molecule has 2 aromatic rings. The number of benzene rings is 1. The van der Waals surface area contributed by atoms with E-state index in [2.05, 4.69) is 51.6 Å². The minimum absolute atomic E-state index is 0.946. The van der Waals surface area contributed by atoms with E-state index in [1.54, 1.807) is 0 Å². The van der Waals surface area contributed by atoms with E-state index in [1.807, 2.05) is 12.4 Å². The van der Waals surface area contributed by atoms with E-state index in [0.717, 1.165) is 19.6 Å². The summed E-state index contributed by atoms with van der Waals surface area (Å²) in [4.78, 5) is 6.54. The van der Waals surface area contributed by atoms with Crippen molar-refractivity contribution in [2.45, 2.75) is 19.4 Å². The van der Waals surface area contributed by atoms with Gasteiger partial charge in [-0.15, -0.1) is 0 Å². The standard InChI is InChI=1S/C16H19N3/c1-2-6-16-15(5-1)18-9-3-4-12-19(16)13-14-7-10-17-11-8-14/h1-2,5-8,10-11,18H,3-4,9,12-13H2. The summed E-state index contributed by atoms with van der Waals surface area (Å²) in [7, 11) is 0. The summed E-state index contributed by atoms with van der Waals surface area (Å²) >= 11 is 0. The van der Waals surface area contributed by atoms with Gasteiger partial charge >= 0.3 is 0 Å². The second kappa shape index (κ2) is 5.74. The van der Waals surface area contributed by atoms with Gasteiger partial charge in [0.1, 0.15) is 0 Å². The molecule has 0 bridgehead atoms. The van der Waals surface area contributed by atoms with Crippen LogP contribution in [0, 0.1) is 0 Å². The molecule has 0 unspecified atom stereocenters. The van der Waals surface area contributed by atoms with Crippen LogP contribution in [0.4, 0.5) is 11.4 Å². The van der Waals surface area contributed by atoms with Crippen molar-refractivity contribution in [1.29, 1.82) is 0 Å². The maximum Gasteiger partial charge on any atom is 0.0605 e. The van der Waals surface area contributed by atoms with E-state index in [9.17, 15) is 0 Å². The SMILES string of the molecule is c1ccc2c(c1)NCCCCN2Cc1ccncc1. The van der Waals surface area contributed by atoms with E-state index in [1.165, 1.54) is 29.8 Å². The van der Waals surface area contributed by atoms with Crippen molar-refractivity contribution >= 4 is 11.4 Å². The number of nitrogens with zero attached hydrogens (tertiary/aromatic N) is 2. The van der Waals surface area contributed by atoms with Crippen molar-refractivity contribution in [2.75, 3.05) is 23.3 Å². The maximum absolute atomic E-state index is 4.09. The lowest BCUT2D eigenvalue weighted by molar-refractivity contribution is 0.691. The molecule has 1 aromatic heterocycles. The zero-order valence-electron chi connectivity index (χ0n) is 11.0. The molecule has 0 saturated heterocycles. The molecule has 1 aromatic carbocycles. The highest BCUT2D eigenvalue weighted by atomic mass is 15.1. The number of anilines is 2. The molecule has 1 N–H and O–H groups in total. The number of hydrogen-bond donors (Lipinski definition) is 1. The van der Waals surface area contributed by atoms with E-state index in [0.29, 0.717) is 0 Å². The Morgan fingerprint density at radius 2 is 1.89 bits per heavy atom. The lowest BCUT2D eigenvalue weighted by atomic mass is 10.1. The summed E-state index contributed by atoms with van der Waals surface area (Å²) < 4.78 is 0. The zero-order valence-corrected chi connectivity index (χ0v) is 11.0. The van der Waals surface area contributed by atoms with Crippen LogP contribution in [0.25, 0.3) is 0 Å². The molecule has 3 heteroatoms. The lowest BCUT2D eigenvalue weighted by Crippen LogP contribution is -2.27. The normalized spacial score (nSPS) is 15.1. The summed E-state index contributed by atoms with van der Waals surface area (Å²) in [6.07, 6.45) is 6.18. The van der Waals surface area contributed by atoms with Crippen LogP contribution in [0.3, 0.4) is 0 Å². The van der Waals surface area contributed by atoms with Gasteiger partial charge in [0, 0.05) is 32.0 Å². The highest BCUT2D eigenvalue weighted by Gasteiger charge is 2.13. The Balaban J connectivity index is 1.88. The predicted octanol–water partition coefficient (Wildman–Crippen LogP) is 3.29. The molecule has 1 aliphatic rings. The molecule has 98 valence electrons. The molecule has 3 nitrogen and oxygen atoms in total. The Morgan fingerprint density at radius 3 is 2.79 bits per heavy atom. The van der Waals surface area contributed by atoms with Gasteiger partial charge in [-0.3, -0.25) is 4.98 Å². The number of aromatic nitrogens is 1. The summed E-state index contributed by atoms with van der Waals surface area (Å²) in [5, 5.41) is 3.53. The average Bonchev–Trinajstić information content (AvgIpc) is 2.45. The van der Waals surface area contributed by atoms with Crippen molar-refractivity contribution in [3.8, 4) is 0 Å². The Hall–Kier alpha value is -2.03. The number of rotatable bonds is 2. The second-order valence-corrected chi connectivity index (χ2v) is 4.93. The summed E-state index contributed by atoms with van der Waals surface area (Å²) in [5.74, 6) is 0. The molecule has 0 fully saturated rings. The summed E-state index contributed by atoms with van der Waals surface area (Å²) in [6.45, 7) is 3.13. The topological polar surface area (TPSA) is 28.2 Å². The molecular weight excluding hydrogens is 234 g/mol. The quantitative estimate of drug-likeness (QED) is 0.890. The third-order valence-electron chi connectivity index (χ3n) is 3.54. The Labute approximate surface area is 114 Å². The first-order valence-corrected chi connectivity index (χ1v) is 6.90. The van der Waals surface area contributed by atoms with E-state index < -0.39 is 0 Å². The van der Waals surface area contributed by atoms with Crippen molar-refractivity contribution < 1.29 is 0 Å². The molecule has 0 amide bonds. The zero-order chi connectivity index (χ0) is 12.9. The Kier molecular flexibility index (Phi) is 3.63. The van der Waals surface area contributed by atoms with Gasteiger partial charge in [-0.05, 0) is 42.7 Å². The van der Waals surface area contributed by atoms with Crippen LogP contribution < -0.4 is 10.2 Å². The van der Waals surface area contributed by atoms with Crippen LogP contribution in [0.15, 0.2) is 48.8 Å². The number of fused-ring (bicyclic) bond motifs is 1. The first-order valence-electron chi connectivity index (χ1n) is 6.90. The molecule has 0 atom stereocenters. The molecule has 0 saturated carbocycles. The summed E-state index contributed by atoms with van der Waals surface area (Å²) in [6, 6.07) is 12.8. The van der Waals surface area contributed by atoms with Crippen LogP contribution in [0.2, 0.25) is 0 Å². The van der Waals surface area contributed by atoms with Crippen molar-refractivity contribution in [1.82, 2.24) is 4.98 Å². The number of hydrogen-bond acceptors (Lipinski definition) is 3. The van der Waals surface area contributed by atoms with Crippen LogP contribution >= 0.6 is 0 Å². The fraction of sp³-hybridized carbons (Fsp3) is 0.312.